The van der Waals surface area contributed by atoms with Gasteiger partial charge in [-0.3, -0.25) is 14.4 Å². The highest BCUT2D eigenvalue weighted by atomic mass is 16.5. The number of anilines is 1. The minimum Gasteiger partial charge on any atom is -0.508 e. The number of amides is 1. The van der Waals surface area contributed by atoms with Gasteiger partial charge in [0.05, 0.1) is 24.3 Å². The molecule has 3 aliphatic rings. The first kappa shape index (κ1) is 30.5. The molecule has 0 aliphatic heterocycles. The van der Waals surface area contributed by atoms with E-state index in [2.05, 4.69) is 17.0 Å². The number of nitroso groups, excluding NO2 is 1. The summed E-state index contributed by atoms with van der Waals surface area (Å²) in [4.78, 5) is 55.3. The zero-order chi connectivity index (χ0) is 32.2. The quantitative estimate of drug-likeness (QED) is 0.224. The molecular formula is C32H32N4O8. The van der Waals surface area contributed by atoms with E-state index in [1.54, 1.807) is 70.5 Å². The van der Waals surface area contributed by atoms with Crippen molar-refractivity contribution < 1.29 is 34.4 Å². The number of aromatic hydroxyl groups is 1. The minimum absolute atomic E-state index is 0.0205. The molecule has 0 heterocycles. The van der Waals surface area contributed by atoms with Crippen LogP contribution in [0.25, 0.3) is 0 Å². The Hall–Kier alpha value is -4.99. The highest BCUT2D eigenvalue weighted by Crippen LogP contribution is 2.53. The van der Waals surface area contributed by atoms with Crippen LogP contribution in [0.2, 0.25) is 0 Å². The zero-order valence-corrected chi connectivity index (χ0v) is 24.8. The summed E-state index contributed by atoms with van der Waals surface area (Å²) in [5, 5.41) is 37.8. The van der Waals surface area contributed by atoms with Crippen molar-refractivity contribution in [3.05, 3.63) is 80.1 Å². The molecule has 2 aromatic carbocycles. The fraction of sp³-hybridized carbons (Fsp3) is 0.344. The number of phenolic OH excluding ortho intramolecular Hbond substituents is 1. The molecule has 3 aliphatic carbocycles. The molecule has 0 spiro atoms. The molecule has 44 heavy (non-hydrogen) atoms. The van der Waals surface area contributed by atoms with E-state index in [1.807, 2.05) is 0 Å². The number of carbonyl (C=O) groups is 3. The molecule has 4 atom stereocenters. The maximum absolute atomic E-state index is 14.2. The summed E-state index contributed by atoms with van der Waals surface area (Å²) < 4.78 is 5.17. The maximum Gasteiger partial charge on any atom is 0.254 e. The van der Waals surface area contributed by atoms with Gasteiger partial charge in [0.25, 0.3) is 5.91 Å². The van der Waals surface area contributed by atoms with Crippen LogP contribution in [0.5, 0.6) is 11.5 Å². The minimum atomic E-state index is -2.74. The van der Waals surface area contributed by atoms with Gasteiger partial charge in [-0.25, -0.2) is 0 Å². The van der Waals surface area contributed by atoms with E-state index >= 15 is 0 Å². The SMILES string of the molecule is COc1ccc(C#Cc2cc(N(C)C)c3c(c2O)C(=O)C2=C(O)[C@]4(O)C(=O)C(C(N)=O)=C(N=O)[C@@H](N(C)C)[C@@H]4C[C@@H]2C3)cc1. The second kappa shape index (κ2) is 10.9. The number of hydrogen-bond donors (Lipinski definition) is 4. The first-order chi connectivity index (χ1) is 20.8. The van der Waals surface area contributed by atoms with Crippen LogP contribution in [0.3, 0.4) is 0 Å². The molecule has 5 rings (SSSR count). The summed E-state index contributed by atoms with van der Waals surface area (Å²) in [5.74, 6) is -0.0340. The predicted octanol–water partition coefficient (Wildman–Crippen LogP) is 1.80. The molecule has 12 nitrogen and oxygen atoms in total. The number of nitrogens with two attached hydrogens (primary N) is 1. The van der Waals surface area contributed by atoms with E-state index in [1.165, 1.54) is 4.90 Å². The Morgan fingerprint density at radius 2 is 1.77 bits per heavy atom. The van der Waals surface area contributed by atoms with Crippen LogP contribution in [0.15, 0.2) is 58.1 Å². The van der Waals surface area contributed by atoms with Crippen LogP contribution in [0.4, 0.5) is 5.69 Å². The van der Waals surface area contributed by atoms with Crippen molar-refractivity contribution in [2.75, 3.05) is 40.2 Å². The van der Waals surface area contributed by atoms with E-state index in [0.717, 1.165) is 0 Å². The van der Waals surface area contributed by atoms with Gasteiger partial charge in [0.1, 0.15) is 28.5 Å². The number of allylic oxidation sites excluding steroid dienone is 1. The fourth-order valence-electron chi connectivity index (χ4n) is 6.71. The summed E-state index contributed by atoms with van der Waals surface area (Å²) in [5.41, 5.74) is 2.97. The summed E-state index contributed by atoms with van der Waals surface area (Å²) in [6.07, 6.45) is 0.137. The van der Waals surface area contributed by atoms with Gasteiger partial charge in [-0.15, -0.1) is 4.91 Å². The Morgan fingerprint density at radius 3 is 2.32 bits per heavy atom. The Morgan fingerprint density at radius 1 is 1.11 bits per heavy atom. The highest BCUT2D eigenvalue weighted by molar-refractivity contribution is 6.25. The lowest BCUT2D eigenvalue weighted by Gasteiger charge is -2.50. The van der Waals surface area contributed by atoms with E-state index in [9.17, 15) is 34.6 Å². The molecule has 5 N–H and O–H groups in total. The number of nitrogens with zero attached hydrogens (tertiary/aromatic N) is 3. The van der Waals surface area contributed by atoms with Crippen LogP contribution in [0.1, 0.15) is 33.5 Å². The van der Waals surface area contributed by atoms with Crippen molar-refractivity contribution >= 4 is 23.2 Å². The topological polar surface area (TPSA) is 183 Å². The molecule has 0 radical (unpaired) electrons. The number of ketones is 2. The van der Waals surface area contributed by atoms with Gasteiger partial charge in [0, 0.05) is 36.8 Å². The summed E-state index contributed by atoms with van der Waals surface area (Å²) in [6, 6.07) is 7.57. The van der Waals surface area contributed by atoms with Crippen LogP contribution < -0.4 is 15.4 Å². The molecule has 228 valence electrons. The average Bonchev–Trinajstić information content (AvgIpc) is 2.97. The maximum atomic E-state index is 14.2. The number of hydrogen-bond acceptors (Lipinski definition) is 11. The number of aliphatic hydroxyl groups excluding tert-OH is 1. The first-order valence-electron chi connectivity index (χ1n) is 13.8. The lowest BCUT2D eigenvalue weighted by molar-refractivity contribution is -0.146. The van der Waals surface area contributed by atoms with Crippen LogP contribution in [-0.2, 0) is 16.0 Å². The number of benzene rings is 2. The van der Waals surface area contributed by atoms with Gasteiger partial charge in [0.15, 0.2) is 11.4 Å². The number of fused-ring (bicyclic) bond motifs is 3. The van der Waals surface area contributed by atoms with Crippen LogP contribution in [-0.4, -0.2) is 84.6 Å². The van der Waals surface area contributed by atoms with E-state index in [4.69, 9.17) is 10.5 Å². The molecule has 2 aromatic rings. The highest BCUT2D eigenvalue weighted by Gasteiger charge is 2.63. The molecule has 0 fully saturated rings. The molecule has 12 heteroatoms. The number of aliphatic hydroxyl groups is 2. The van der Waals surface area contributed by atoms with Crippen molar-refractivity contribution in [1.82, 2.24) is 4.90 Å². The first-order valence-corrected chi connectivity index (χ1v) is 13.8. The number of rotatable bonds is 5. The van der Waals surface area contributed by atoms with Crippen molar-refractivity contribution in [3.63, 3.8) is 0 Å². The fourth-order valence-corrected chi connectivity index (χ4v) is 6.71. The predicted molar refractivity (Wildman–Crippen MR) is 160 cm³/mol. The summed E-state index contributed by atoms with van der Waals surface area (Å²) >= 11 is 0. The molecule has 0 bridgehead atoms. The smallest absolute Gasteiger partial charge is 0.254 e. The Bertz CT molecular complexity index is 1750. The standard InChI is InChI=1S/C32H32N4O8/c1-35(2)21-14-16(9-6-15-7-10-18(44-5)11-8-15)27(37)23-19(21)12-17-13-20-26(36(3)4)25(34-43)24(31(33)41)30(40)32(20,42)29(39)22(17)28(23)38/h7-8,10-11,14,17,20,26,37,39,42H,12-13H2,1-5H3,(H2,33,41)/t17-,20-,26-,32-/m0/s1. The third-order valence-corrected chi connectivity index (χ3v) is 8.71. The molecule has 0 aromatic heterocycles. The van der Waals surface area contributed by atoms with Crippen molar-refractivity contribution in [2.24, 2.45) is 22.7 Å². The molecular weight excluding hydrogens is 568 g/mol. The third-order valence-electron chi connectivity index (χ3n) is 8.71. The van der Waals surface area contributed by atoms with Crippen LogP contribution >= 0.6 is 0 Å². The van der Waals surface area contributed by atoms with Gasteiger partial charge in [0.2, 0.25) is 5.78 Å². The van der Waals surface area contributed by atoms with E-state index in [-0.39, 0.29) is 29.5 Å². The lowest BCUT2D eigenvalue weighted by Crippen LogP contribution is -2.63. The number of primary amides is 1. The molecule has 0 saturated carbocycles. The van der Waals surface area contributed by atoms with Crippen LogP contribution in [0, 0.1) is 28.6 Å². The number of carbonyl (C=O) groups excluding carboxylic acids is 3. The van der Waals surface area contributed by atoms with Gasteiger partial charge in [-0.2, -0.15) is 0 Å². The van der Waals surface area contributed by atoms with Gasteiger partial charge < -0.3 is 35.6 Å². The van der Waals surface area contributed by atoms with Gasteiger partial charge in [-0.1, -0.05) is 11.8 Å². The Kier molecular flexibility index (Phi) is 7.57. The monoisotopic (exact) mass is 600 g/mol. The number of ether oxygens (including phenoxy) is 1. The normalized spacial score (nSPS) is 24.2. The van der Waals surface area contributed by atoms with Gasteiger partial charge in [-0.05, 0) is 73.9 Å². The second-order valence-electron chi connectivity index (χ2n) is 11.6. The number of Topliss-reactive ketones (excluding diaryl/α,β-unsaturated/α-hetero) is 2. The van der Waals surface area contributed by atoms with Crippen molar-refractivity contribution in [1.29, 1.82) is 0 Å². The van der Waals surface area contributed by atoms with Crippen molar-refractivity contribution in [3.8, 4) is 23.3 Å². The molecule has 1 amide bonds. The molecule has 0 saturated heterocycles. The summed E-state index contributed by atoms with van der Waals surface area (Å²) in [6.45, 7) is 0. The summed E-state index contributed by atoms with van der Waals surface area (Å²) in [7, 11) is 8.24. The average molecular weight is 601 g/mol. The third kappa shape index (κ3) is 4.44. The van der Waals surface area contributed by atoms with E-state index < -0.39 is 63.7 Å². The van der Waals surface area contributed by atoms with Gasteiger partial charge >= 0.3 is 0 Å². The zero-order valence-electron chi connectivity index (χ0n) is 24.8. The number of methoxy groups -OCH3 is 1. The number of phenols is 1. The van der Waals surface area contributed by atoms with E-state index in [0.29, 0.717) is 22.6 Å². The Balaban J connectivity index is 1.70. The Labute approximate surface area is 253 Å². The number of likely N-dealkylation sites (N-methyl/N-ethyl adjacent to an activating group) is 1. The lowest BCUT2D eigenvalue weighted by atomic mass is 9.58. The molecule has 0 unspecified atom stereocenters. The second-order valence-corrected chi connectivity index (χ2v) is 11.6. The van der Waals surface area contributed by atoms with Crippen molar-refractivity contribution in [2.45, 2.75) is 24.5 Å². The largest absolute Gasteiger partial charge is 0.508 e.